The van der Waals surface area contributed by atoms with Gasteiger partial charge >= 0.3 is 6.18 Å². The third-order valence-corrected chi connectivity index (χ3v) is 3.83. The van der Waals surface area contributed by atoms with Crippen molar-refractivity contribution in [2.45, 2.75) is 38.8 Å². The Balaban J connectivity index is 2.16. The lowest BCUT2D eigenvalue weighted by Crippen LogP contribution is -2.31. The summed E-state index contributed by atoms with van der Waals surface area (Å²) in [6, 6.07) is 3.92. The van der Waals surface area contributed by atoms with Crippen LogP contribution in [0.1, 0.15) is 41.6 Å². The van der Waals surface area contributed by atoms with Crippen LogP contribution in [0, 0.1) is 24.6 Å². The minimum atomic E-state index is -4.25. The summed E-state index contributed by atoms with van der Waals surface area (Å²) >= 11 is 0. The zero-order valence-electron chi connectivity index (χ0n) is 11.1. The molecule has 2 rings (SSSR count). The summed E-state index contributed by atoms with van der Waals surface area (Å²) in [5.74, 6) is -2.98. The first-order valence-corrected chi connectivity index (χ1v) is 6.65. The normalized spacial score (nSPS) is 23.6. The largest absolute Gasteiger partial charge is 0.391 e. The molecule has 0 N–H and O–H groups in total. The van der Waals surface area contributed by atoms with Gasteiger partial charge in [-0.05, 0) is 49.9 Å². The van der Waals surface area contributed by atoms with Crippen LogP contribution in [-0.2, 0) is 0 Å². The van der Waals surface area contributed by atoms with Gasteiger partial charge in [0.2, 0.25) is 0 Å². The molecule has 1 saturated carbocycles. The molecule has 1 aromatic rings. The summed E-state index contributed by atoms with van der Waals surface area (Å²) in [7, 11) is 0. The van der Waals surface area contributed by atoms with Crippen LogP contribution in [0.2, 0.25) is 0 Å². The highest BCUT2D eigenvalue weighted by Gasteiger charge is 2.43. The van der Waals surface area contributed by atoms with Crippen molar-refractivity contribution in [1.29, 1.82) is 0 Å². The molecule has 0 bridgehead atoms. The van der Waals surface area contributed by atoms with E-state index < -0.39 is 23.8 Å². The average molecular weight is 288 g/mol. The van der Waals surface area contributed by atoms with Crippen LogP contribution in [0.3, 0.4) is 0 Å². The van der Waals surface area contributed by atoms with Gasteiger partial charge in [0.15, 0.2) is 5.78 Å². The SMILES string of the molecule is Cc1cc(F)cc(C(=O)C2CCCC(C(F)(F)F)C2)c1. The lowest BCUT2D eigenvalue weighted by Gasteiger charge is -2.29. The van der Waals surface area contributed by atoms with Crippen molar-refractivity contribution >= 4 is 5.78 Å². The van der Waals surface area contributed by atoms with E-state index >= 15 is 0 Å². The molecular formula is C15H16F4O. The van der Waals surface area contributed by atoms with Crippen molar-refractivity contribution < 1.29 is 22.4 Å². The van der Waals surface area contributed by atoms with Crippen molar-refractivity contribution in [1.82, 2.24) is 0 Å². The van der Waals surface area contributed by atoms with Crippen LogP contribution in [-0.4, -0.2) is 12.0 Å². The molecule has 0 radical (unpaired) electrons. The molecule has 0 spiro atoms. The van der Waals surface area contributed by atoms with Gasteiger partial charge in [0, 0.05) is 11.5 Å². The van der Waals surface area contributed by atoms with Gasteiger partial charge in [-0.1, -0.05) is 6.42 Å². The first kappa shape index (κ1) is 15.0. The van der Waals surface area contributed by atoms with E-state index in [9.17, 15) is 22.4 Å². The maximum atomic E-state index is 13.3. The Kier molecular flexibility index (Phi) is 4.16. The Morgan fingerprint density at radius 3 is 2.50 bits per heavy atom. The van der Waals surface area contributed by atoms with Crippen molar-refractivity contribution in [2.75, 3.05) is 0 Å². The molecular weight excluding hydrogens is 272 g/mol. The van der Waals surface area contributed by atoms with Crippen LogP contribution in [0.5, 0.6) is 0 Å². The van der Waals surface area contributed by atoms with Crippen LogP contribution in [0.25, 0.3) is 0 Å². The van der Waals surface area contributed by atoms with E-state index in [1.165, 1.54) is 12.1 Å². The van der Waals surface area contributed by atoms with E-state index in [2.05, 4.69) is 0 Å². The number of Topliss-reactive ketones (excluding diaryl/α,β-unsaturated/α-hetero) is 1. The Morgan fingerprint density at radius 1 is 1.20 bits per heavy atom. The van der Waals surface area contributed by atoms with E-state index in [0.717, 1.165) is 6.07 Å². The van der Waals surface area contributed by atoms with Crippen molar-refractivity contribution in [3.63, 3.8) is 0 Å². The highest BCUT2D eigenvalue weighted by Crippen LogP contribution is 2.40. The van der Waals surface area contributed by atoms with E-state index in [0.29, 0.717) is 18.4 Å². The molecule has 1 aliphatic carbocycles. The smallest absolute Gasteiger partial charge is 0.294 e. The number of rotatable bonds is 2. The van der Waals surface area contributed by atoms with Crippen molar-refractivity contribution in [2.24, 2.45) is 11.8 Å². The maximum absolute atomic E-state index is 13.3. The standard InChI is InChI=1S/C15H16F4O/c1-9-5-11(8-13(16)6-9)14(20)10-3-2-4-12(7-10)15(17,18)19/h5-6,8,10,12H,2-4,7H2,1H3. The molecule has 1 aliphatic rings. The molecule has 110 valence electrons. The van der Waals surface area contributed by atoms with Gasteiger partial charge in [-0.3, -0.25) is 4.79 Å². The number of carbonyl (C=O) groups is 1. The second kappa shape index (κ2) is 5.54. The fraction of sp³-hybridized carbons (Fsp3) is 0.533. The predicted molar refractivity (Wildman–Crippen MR) is 67.0 cm³/mol. The van der Waals surface area contributed by atoms with Crippen molar-refractivity contribution in [3.8, 4) is 0 Å². The number of halogens is 4. The monoisotopic (exact) mass is 288 g/mol. The molecule has 1 fully saturated rings. The average Bonchev–Trinajstić information content (AvgIpc) is 2.36. The summed E-state index contributed by atoms with van der Waals surface area (Å²) < 4.78 is 51.5. The van der Waals surface area contributed by atoms with Gasteiger partial charge in [0.05, 0.1) is 5.92 Å². The van der Waals surface area contributed by atoms with Gasteiger partial charge in [0.1, 0.15) is 5.82 Å². The van der Waals surface area contributed by atoms with E-state index in [1.807, 2.05) is 0 Å². The molecule has 5 heteroatoms. The topological polar surface area (TPSA) is 17.1 Å². The van der Waals surface area contributed by atoms with Gasteiger partial charge in [-0.2, -0.15) is 13.2 Å². The van der Waals surface area contributed by atoms with Crippen LogP contribution in [0.4, 0.5) is 17.6 Å². The summed E-state index contributed by atoms with van der Waals surface area (Å²) in [5, 5.41) is 0. The second-order valence-corrected chi connectivity index (χ2v) is 5.48. The fourth-order valence-corrected chi connectivity index (χ4v) is 2.84. The van der Waals surface area contributed by atoms with E-state index in [-0.39, 0.29) is 24.2 Å². The highest BCUT2D eigenvalue weighted by atomic mass is 19.4. The first-order valence-electron chi connectivity index (χ1n) is 6.65. The van der Waals surface area contributed by atoms with E-state index in [1.54, 1.807) is 6.92 Å². The molecule has 0 aliphatic heterocycles. The Morgan fingerprint density at radius 2 is 1.90 bits per heavy atom. The minimum absolute atomic E-state index is 0.0788. The third kappa shape index (κ3) is 3.38. The molecule has 0 aromatic heterocycles. The predicted octanol–water partition coefficient (Wildman–Crippen LogP) is 4.69. The lowest BCUT2D eigenvalue weighted by molar-refractivity contribution is -0.184. The first-order chi connectivity index (χ1) is 9.27. The Labute approximate surface area is 115 Å². The number of benzene rings is 1. The zero-order chi connectivity index (χ0) is 14.9. The van der Waals surface area contributed by atoms with Crippen LogP contribution >= 0.6 is 0 Å². The third-order valence-electron chi connectivity index (χ3n) is 3.83. The molecule has 2 unspecified atom stereocenters. The van der Waals surface area contributed by atoms with Crippen LogP contribution in [0.15, 0.2) is 18.2 Å². The summed E-state index contributed by atoms with van der Waals surface area (Å²) in [6.45, 7) is 1.65. The fourth-order valence-electron chi connectivity index (χ4n) is 2.84. The Bertz CT molecular complexity index is 487. The second-order valence-electron chi connectivity index (χ2n) is 5.48. The zero-order valence-corrected chi connectivity index (χ0v) is 11.1. The maximum Gasteiger partial charge on any atom is 0.391 e. The minimum Gasteiger partial charge on any atom is -0.294 e. The number of aryl methyl sites for hydroxylation is 1. The summed E-state index contributed by atoms with van der Waals surface area (Å²) in [5.41, 5.74) is 0.770. The number of hydrogen-bond donors (Lipinski definition) is 0. The quantitative estimate of drug-likeness (QED) is 0.570. The molecule has 0 amide bonds. The van der Waals surface area contributed by atoms with Gasteiger partial charge < -0.3 is 0 Å². The molecule has 20 heavy (non-hydrogen) atoms. The van der Waals surface area contributed by atoms with Gasteiger partial charge in [-0.25, -0.2) is 4.39 Å². The lowest BCUT2D eigenvalue weighted by atomic mass is 9.77. The molecule has 2 atom stereocenters. The summed E-state index contributed by atoms with van der Waals surface area (Å²) in [4.78, 5) is 12.2. The molecule has 1 aromatic carbocycles. The van der Waals surface area contributed by atoms with Gasteiger partial charge in [0.25, 0.3) is 0 Å². The van der Waals surface area contributed by atoms with Crippen molar-refractivity contribution in [3.05, 3.63) is 35.1 Å². The number of hydrogen-bond acceptors (Lipinski definition) is 1. The van der Waals surface area contributed by atoms with E-state index in [4.69, 9.17) is 0 Å². The summed E-state index contributed by atoms with van der Waals surface area (Å²) in [6.07, 6.45) is -3.53. The number of ketones is 1. The number of carbonyl (C=O) groups excluding carboxylic acids is 1. The molecule has 0 heterocycles. The molecule has 0 saturated heterocycles. The molecule has 1 nitrogen and oxygen atoms in total. The van der Waals surface area contributed by atoms with Gasteiger partial charge in [-0.15, -0.1) is 0 Å². The highest BCUT2D eigenvalue weighted by molar-refractivity contribution is 5.98. The Hall–Kier alpha value is -1.39. The number of alkyl halides is 3. The van der Waals surface area contributed by atoms with Crippen LogP contribution < -0.4 is 0 Å².